The van der Waals surface area contributed by atoms with Crippen LogP contribution in [0.15, 0.2) is 46.9 Å². The third-order valence-electron chi connectivity index (χ3n) is 3.11. The summed E-state index contributed by atoms with van der Waals surface area (Å²) < 4.78 is 5.76. The Labute approximate surface area is 163 Å². The monoisotopic (exact) mass is 444 g/mol. The summed E-state index contributed by atoms with van der Waals surface area (Å²) in [7, 11) is 0. The molecule has 0 fully saturated rings. The fourth-order valence-corrected chi connectivity index (χ4v) is 3.22. The molecule has 25 heavy (non-hydrogen) atoms. The van der Waals surface area contributed by atoms with Gasteiger partial charge in [0.15, 0.2) is 0 Å². The zero-order chi connectivity index (χ0) is 18.2. The Morgan fingerprint density at radius 1 is 1.08 bits per heavy atom. The minimum absolute atomic E-state index is 0.0587. The number of amides is 2. The number of halogens is 3. The lowest BCUT2D eigenvalue weighted by Gasteiger charge is -2.10. The quantitative estimate of drug-likeness (QED) is 0.656. The Balaban J connectivity index is 1.72. The van der Waals surface area contributed by atoms with Crippen molar-refractivity contribution >= 4 is 56.8 Å². The lowest BCUT2D eigenvalue weighted by Crippen LogP contribution is -2.28. The number of carbonyl (C=O) groups is 2. The van der Waals surface area contributed by atoms with Crippen molar-refractivity contribution in [2.45, 2.75) is 13.0 Å². The fourth-order valence-electron chi connectivity index (χ4n) is 1.92. The van der Waals surface area contributed by atoms with Crippen molar-refractivity contribution < 1.29 is 14.3 Å². The molecule has 2 amide bonds. The van der Waals surface area contributed by atoms with Gasteiger partial charge >= 0.3 is 6.09 Å². The van der Waals surface area contributed by atoms with Gasteiger partial charge in [-0.05, 0) is 17.7 Å². The van der Waals surface area contributed by atoms with Crippen LogP contribution in [-0.4, -0.2) is 18.5 Å². The summed E-state index contributed by atoms with van der Waals surface area (Å²) in [5.41, 5.74) is 1.22. The van der Waals surface area contributed by atoms with Crippen LogP contribution in [0.5, 0.6) is 0 Å². The Kier molecular flexibility index (Phi) is 7.55. The molecule has 2 aromatic carbocycles. The lowest BCUT2D eigenvalue weighted by atomic mass is 10.2. The maximum absolute atomic E-state index is 11.9. The van der Waals surface area contributed by atoms with E-state index < -0.39 is 6.09 Å². The van der Waals surface area contributed by atoms with E-state index in [0.717, 1.165) is 5.56 Å². The number of benzene rings is 2. The highest BCUT2D eigenvalue weighted by atomic mass is 79.9. The molecule has 2 rings (SSSR count). The van der Waals surface area contributed by atoms with Crippen molar-refractivity contribution in [1.82, 2.24) is 5.32 Å². The van der Waals surface area contributed by atoms with Crippen molar-refractivity contribution in [3.63, 3.8) is 0 Å². The molecular weight excluding hydrogens is 431 g/mol. The van der Waals surface area contributed by atoms with Crippen molar-refractivity contribution in [1.29, 1.82) is 0 Å². The summed E-state index contributed by atoms with van der Waals surface area (Å²) >= 11 is 15.3. The van der Waals surface area contributed by atoms with E-state index >= 15 is 0 Å². The van der Waals surface area contributed by atoms with Crippen molar-refractivity contribution in [3.05, 3.63) is 62.5 Å². The first kappa shape index (κ1) is 19.6. The highest BCUT2D eigenvalue weighted by Crippen LogP contribution is 2.33. The van der Waals surface area contributed by atoms with E-state index in [1.54, 1.807) is 12.1 Å². The van der Waals surface area contributed by atoms with Gasteiger partial charge in [-0.2, -0.15) is 0 Å². The van der Waals surface area contributed by atoms with Gasteiger partial charge < -0.3 is 15.4 Å². The molecule has 2 aromatic rings. The van der Waals surface area contributed by atoms with Gasteiger partial charge in [0, 0.05) is 17.4 Å². The van der Waals surface area contributed by atoms with E-state index in [4.69, 9.17) is 27.9 Å². The predicted octanol–water partition coefficient (Wildman–Crippen LogP) is 5.01. The molecule has 0 heterocycles. The lowest BCUT2D eigenvalue weighted by molar-refractivity contribution is -0.116. The number of carbonyl (C=O) groups excluding carboxylic acids is 2. The largest absolute Gasteiger partial charge is 0.445 e. The van der Waals surface area contributed by atoms with Crippen molar-refractivity contribution in [3.8, 4) is 0 Å². The molecular formula is C17H15BrCl2N2O3. The standard InChI is InChI=1S/C17H15BrCl2N2O3/c18-12-8-13(19)16(14(20)9-12)22-15(23)6-7-21-17(24)25-10-11-4-2-1-3-5-11/h1-5,8-9H,6-7,10H2,(H,21,24)(H,22,23). The van der Waals surface area contributed by atoms with E-state index in [0.29, 0.717) is 20.2 Å². The first-order chi connectivity index (χ1) is 12.0. The number of hydrogen-bond donors (Lipinski definition) is 2. The van der Waals surface area contributed by atoms with Gasteiger partial charge in [-0.15, -0.1) is 0 Å². The van der Waals surface area contributed by atoms with E-state index in [9.17, 15) is 9.59 Å². The third kappa shape index (κ3) is 6.57. The van der Waals surface area contributed by atoms with Crippen LogP contribution in [0.25, 0.3) is 0 Å². The molecule has 8 heteroatoms. The number of alkyl carbamates (subject to hydrolysis) is 1. The molecule has 132 valence electrons. The molecule has 0 saturated heterocycles. The van der Waals surface area contributed by atoms with Crippen LogP contribution in [0.4, 0.5) is 10.5 Å². The molecule has 0 aliphatic rings. The smallest absolute Gasteiger partial charge is 0.407 e. The molecule has 0 spiro atoms. The maximum Gasteiger partial charge on any atom is 0.407 e. The van der Waals surface area contributed by atoms with E-state index in [1.165, 1.54) is 0 Å². The minimum atomic E-state index is -0.587. The highest BCUT2D eigenvalue weighted by Gasteiger charge is 2.11. The molecule has 2 N–H and O–H groups in total. The van der Waals surface area contributed by atoms with E-state index in [2.05, 4.69) is 26.6 Å². The normalized spacial score (nSPS) is 10.2. The second kappa shape index (κ2) is 9.65. The number of rotatable bonds is 6. The molecule has 0 aliphatic carbocycles. The van der Waals surface area contributed by atoms with Crippen LogP contribution < -0.4 is 10.6 Å². The zero-order valence-electron chi connectivity index (χ0n) is 13.0. The number of nitrogens with one attached hydrogen (secondary N) is 2. The third-order valence-corrected chi connectivity index (χ3v) is 4.16. The summed E-state index contributed by atoms with van der Waals surface area (Å²) in [6.07, 6.45) is -0.528. The molecule has 0 saturated carbocycles. The first-order valence-electron chi connectivity index (χ1n) is 7.34. The molecule has 5 nitrogen and oxygen atoms in total. The minimum Gasteiger partial charge on any atom is -0.445 e. The summed E-state index contributed by atoms with van der Waals surface area (Å²) in [5, 5.41) is 5.78. The average molecular weight is 446 g/mol. The van der Waals surface area contributed by atoms with Gasteiger partial charge in [0.1, 0.15) is 6.61 Å². The highest BCUT2D eigenvalue weighted by molar-refractivity contribution is 9.10. The average Bonchev–Trinajstić information content (AvgIpc) is 2.57. The van der Waals surface area contributed by atoms with Crippen LogP contribution in [0.1, 0.15) is 12.0 Å². The van der Waals surface area contributed by atoms with Crippen LogP contribution in [0.2, 0.25) is 10.0 Å². The van der Waals surface area contributed by atoms with Crippen LogP contribution >= 0.6 is 39.1 Å². The summed E-state index contributed by atoms with van der Waals surface area (Å²) in [6, 6.07) is 12.6. The van der Waals surface area contributed by atoms with E-state index in [-0.39, 0.29) is 25.5 Å². The SMILES string of the molecule is O=C(CCNC(=O)OCc1ccccc1)Nc1c(Cl)cc(Br)cc1Cl. The summed E-state index contributed by atoms with van der Waals surface area (Å²) in [4.78, 5) is 23.5. The second-order valence-electron chi connectivity index (χ2n) is 5.03. The summed E-state index contributed by atoms with van der Waals surface area (Å²) in [6.45, 7) is 0.300. The Morgan fingerprint density at radius 2 is 1.72 bits per heavy atom. The Hall–Kier alpha value is -1.76. The molecule has 0 atom stereocenters. The van der Waals surface area contributed by atoms with Gasteiger partial charge in [0.2, 0.25) is 5.91 Å². The molecule has 0 aliphatic heterocycles. The molecule has 0 bridgehead atoms. The van der Waals surface area contributed by atoms with Crippen molar-refractivity contribution in [2.75, 3.05) is 11.9 Å². The topological polar surface area (TPSA) is 67.4 Å². The second-order valence-corrected chi connectivity index (χ2v) is 6.76. The molecule has 0 radical (unpaired) electrons. The predicted molar refractivity (Wildman–Crippen MR) is 102 cm³/mol. The fraction of sp³-hybridized carbons (Fsp3) is 0.176. The number of ether oxygens (including phenoxy) is 1. The maximum atomic E-state index is 11.9. The van der Waals surface area contributed by atoms with Gasteiger partial charge in [0.25, 0.3) is 0 Å². The van der Waals surface area contributed by atoms with Crippen LogP contribution in [0.3, 0.4) is 0 Å². The molecule has 0 aromatic heterocycles. The first-order valence-corrected chi connectivity index (χ1v) is 8.89. The van der Waals surface area contributed by atoms with Gasteiger partial charge in [-0.1, -0.05) is 69.5 Å². The molecule has 0 unspecified atom stereocenters. The van der Waals surface area contributed by atoms with Gasteiger partial charge in [-0.25, -0.2) is 4.79 Å². The van der Waals surface area contributed by atoms with Crippen molar-refractivity contribution in [2.24, 2.45) is 0 Å². The van der Waals surface area contributed by atoms with E-state index in [1.807, 2.05) is 30.3 Å². The zero-order valence-corrected chi connectivity index (χ0v) is 16.1. The van der Waals surface area contributed by atoms with Crippen LogP contribution in [0, 0.1) is 0 Å². The Morgan fingerprint density at radius 3 is 2.36 bits per heavy atom. The van der Waals surface area contributed by atoms with Gasteiger partial charge in [-0.3, -0.25) is 4.79 Å². The van der Waals surface area contributed by atoms with Gasteiger partial charge in [0.05, 0.1) is 15.7 Å². The van der Waals surface area contributed by atoms with Crippen LogP contribution in [-0.2, 0) is 16.1 Å². The Bertz CT molecular complexity index is 734. The number of hydrogen-bond acceptors (Lipinski definition) is 3. The summed E-state index contributed by atoms with van der Waals surface area (Å²) in [5.74, 6) is -0.325. The number of anilines is 1.